The van der Waals surface area contributed by atoms with Crippen LogP contribution < -0.4 is 5.32 Å². The van der Waals surface area contributed by atoms with Crippen LogP contribution in [0.3, 0.4) is 0 Å². The predicted molar refractivity (Wildman–Crippen MR) is 162 cm³/mol. The van der Waals surface area contributed by atoms with Gasteiger partial charge in [-0.15, -0.1) is 0 Å². The highest BCUT2D eigenvalue weighted by molar-refractivity contribution is 7.89. The molecule has 3 aromatic rings. The van der Waals surface area contributed by atoms with Gasteiger partial charge in [-0.05, 0) is 54.5 Å². The second kappa shape index (κ2) is 14.9. The lowest BCUT2D eigenvalue weighted by molar-refractivity contribution is -0.141. The number of sulfonamides is 1. The SMILES string of the molecule is CCCCNC(=O)C(Cc1ccccc1)N(Cc1ccccc1)C(=O)CCc1ccc(S(=O)(=O)N2CCCC2)cc1. The molecule has 0 aliphatic carbocycles. The first-order chi connectivity index (χ1) is 19.9. The minimum Gasteiger partial charge on any atom is -0.354 e. The van der Waals surface area contributed by atoms with E-state index in [2.05, 4.69) is 12.2 Å². The van der Waals surface area contributed by atoms with Gasteiger partial charge in [0.05, 0.1) is 4.90 Å². The topological polar surface area (TPSA) is 86.8 Å². The average molecular weight is 576 g/mol. The van der Waals surface area contributed by atoms with E-state index >= 15 is 0 Å². The molecule has 1 aliphatic heterocycles. The van der Waals surface area contributed by atoms with Crippen LogP contribution in [0.25, 0.3) is 0 Å². The van der Waals surface area contributed by atoms with Gasteiger partial charge in [0.15, 0.2) is 0 Å². The fourth-order valence-electron chi connectivity index (χ4n) is 5.14. The van der Waals surface area contributed by atoms with Gasteiger partial charge < -0.3 is 10.2 Å². The van der Waals surface area contributed by atoms with Gasteiger partial charge >= 0.3 is 0 Å². The van der Waals surface area contributed by atoms with Gasteiger partial charge in [0.1, 0.15) is 6.04 Å². The third-order valence-electron chi connectivity index (χ3n) is 7.55. The van der Waals surface area contributed by atoms with Crippen LogP contribution in [0.4, 0.5) is 0 Å². The summed E-state index contributed by atoms with van der Waals surface area (Å²) in [6.45, 7) is 4.09. The number of nitrogens with zero attached hydrogens (tertiary/aromatic N) is 2. The number of carbonyl (C=O) groups excluding carboxylic acids is 2. The molecule has 8 heteroatoms. The molecule has 0 radical (unpaired) electrons. The third-order valence-corrected chi connectivity index (χ3v) is 9.46. The Balaban J connectivity index is 1.52. The van der Waals surface area contributed by atoms with Crippen LogP contribution >= 0.6 is 0 Å². The zero-order valence-electron chi connectivity index (χ0n) is 23.9. The van der Waals surface area contributed by atoms with E-state index in [4.69, 9.17) is 0 Å². The molecule has 0 spiro atoms. The molecule has 0 aromatic heterocycles. The van der Waals surface area contributed by atoms with Crippen molar-refractivity contribution in [2.75, 3.05) is 19.6 Å². The van der Waals surface area contributed by atoms with Crippen molar-refractivity contribution in [2.45, 2.75) is 69.4 Å². The maximum Gasteiger partial charge on any atom is 0.243 e. The van der Waals surface area contributed by atoms with E-state index in [0.29, 0.717) is 39.0 Å². The van der Waals surface area contributed by atoms with E-state index in [1.54, 1.807) is 29.2 Å². The van der Waals surface area contributed by atoms with E-state index in [1.165, 1.54) is 4.31 Å². The van der Waals surface area contributed by atoms with Crippen molar-refractivity contribution >= 4 is 21.8 Å². The fourth-order valence-corrected chi connectivity index (χ4v) is 6.66. The van der Waals surface area contributed by atoms with Crippen LogP contribution in [-0.4, -0.2) is 55.1 Å². The van der Waals surface area contributed by atoms with Crippen molar-refractivity contribution in [3.63, 3.8) is 0 Å². The van der Waals surface area contributed by atoms with Crippen LogP contribution in [0.1, 0.15) is 55.7 Å². The van der Waals surface area contributed by atoms with Gasteiger partial charge in [0.2, 0.25) is 21.8 Å². The second-order valence-electron chi connectivity index (χ2n) is 10.6. The molecule has 218 valence electrons. The van der Waals surface area contributed by atoms with Gasteiger partial charge in [0, 0.05) is 39.0 Å². The van der Waals surface area contributed by atoms with Crippen molar-refractivity contribution in [3.8, 4) is 0 Å². The van der Waals surface area contributed by atoms with Crippen LogP contribution in [0.2, 0.25) is 0 Å². The zero-order valence-corrected chi connectivity index (χ0v) is 24.7. The molecule has 1 aliphatic rings. The molecule has 1 saturated heterocycles. The number of hydrogen-bond donors (Lipinski definition) is 1. The number of rotatable bonds is 14. The third kappa shape index (κ3) is 8.50. The molecule has 0 bridgehead atoms. The lowest BCUT2D eigenvalue weighted by atomic mass is 10.0. The summed E-state index contributed by atoms with van der Waals surface area (Å²) in [5.41, 5.74) is 2.82. The van der Waals surface area contributed by atoms with Crippen molar-refractivity contribution in [1.82, 2.24) is 14.5 Å². The summed E-state index contributed by atoms with van der Waals surface area (Å²) in [5, 5.41) is 3.05. The van der Waals surface area contributed by atoms with E-state index in [9.17, 15) is 18.0 Å². The highest BCUT2D eigenvalue weighted by Gasteiger charge is 2.30. The van der Waals surface area contributed by atoms with Gasteiger partial charge in [0.25, 0.3) is 0 Å². The lowest BCUT2D eigenvalue weighted by Gasteiger charge is -2.31. The molecule has 2 amide bonds. The number of carbonyl (C=O) groups is 2. The number of nitrogens with one attached hydrogen (secondary N) is 1. The number of benzene rings is 3. The second-order valence-corrected chi connectivity index (χ2v) is 12.6. The largest absolute Gasteiger partial charge is 0.354 e. The number of unbranched alkanes of at least 4 members (excludes halogenated alkanes) is 1. The highest BCUT2D eigenvalue weighted by atomic mass is 32.2. The Morgan fingerprint density at radius 3 is 2.07 bits per heavy atom. The highest BCUT2D eigenvalue weighted by Crippen LogP contribution is 2.22. The maximum absolute atomic E-state index is 13.8. The van der Waals surface area contributed by atoms with Crippen molar-refractivity contribution in [2.24, 2.45) is 0 Å². The van der Waals surface area contributed by atoms with Gasteiger partial charge in [-0.1, -0.05) is 86.1 Å². The molecule has 4 rings (SSSR count). The van der Waals surface area contributed by atoms with E-state index < -0.39 is 16.1 Å². The first-order valence-corrected chi connectivity index (χ1v) is 16.1. The van der Waals surface area contributed by atoms with Crippen LogP contribution in [0.5, 0.6) is 0 Å². The minimum atomic E-state index is -3.48. The summed E-state index contributed by atoms with van der Waals surface area (Å²) >= 11 is 0. The summed E-state index contributed by atoms with van der Waals surface area (Å²) in [6, 6.07) is 25.7. The number of hydrogen-bond acceptors (Lipinski definition) is 4. The van der Waals surface area contributed by atoms with E-state index in [-0.39, 0.29) is 23.1 Å². The Hall–Kier alpha value is -3.49. The molecule has 1 N–H and O–H groups in total. The molecule has 41 heavy (non-hydrogen) atoms. The molecule has 1 atom stereocenters. The van der Waals surface area contributed by atoms with Gasteiger partial charge in [-0.3, -0.25) is 9.59 Å². The first kappa shape index (κ1) is 30.5. The summed E-state index contributed by atoms with van der Waals surface area (Å²) in [6.07, 6.45) is 4.69. The van der Waals surface area contributed by atoms with Gasteiger partial charge in [-0.25, -0.2) is 8.42 Å². The minimum absolute atomic E-state index is 0.116. The standard InChI is InChI=1S/C33H41N3O4S/c1-2-3-22-34-33(38)31(25-28-12-6-4-7-13-28)36(26-29-14-8-5-9-15-29)32(37)21-18-27-16-19-30(20-17-27)41(39,40)35-23-10-11-24-35/h4-9,12-17,19-20,31H,2-3,10-11,18,21-26H2,1H3,(H,34,38). The van der Waals surface area contributed by atoms with Crippen molar-refractivity contribution in [1.29, 1.82) is 0 Å². The molecular weight excluding hydrogens is 534 g/mol. The smallest absolute Gasteiger partial charge is 0.243 e. The van der Waals surface area contributed by atoms with Crippen LogP contribution in [-0.2, 0) is 39.0 Å². The molecule has 1 fully saturated rings. The maximum atomic E-state index is 13.8. The van der Waals surface area contributed by atoms with Gasteiger partial charge in [-0.2, -0.15) is 4.31 Å². The fraction of sp³-hybridized carbons (Fsp3) is 0.394. The predicted octanol–water partition coefficient (Wildman–Crippen LogP) is 4.96. The summed E-state index contributed by atoms with van der Waals surface area (Å²) < 4.78 is 27.3. The zero-order chi connectivity index (χ0) is 29.1. The molecule has 1 heterocycles. The summed E-state index contributed by atoms with van der Waals surface area (Å²) in [5.74, 6) is -0.266. The van der Waals surface area contributed by atoms with E-state index in [1.807, 2.05) is 60.7 Å². The Bertz CT molecular complexity index is 1360. The Labute approximate surface area is 244 Å². The Morgan fingerprint density at radius 2 is 1.46 bits per heavy atom. The Kier molecular flexibility index (Phi) is 11.1. The van der Waals surface area contributed by atoms with Crippen LogP contribution in [0, 0.1) is 0 Å². The lowest BCUT2D eigenvalue weighted by Crippen LogP contribution is -2.50. The average Bonchev–Trinajstić information content (AvgIpc) is 3.55. The van der Waals surface area contributed by atoms with Crippen molar-refractivity contribution < 1.29 is 18.0 Å². The van der Waals surface area contributed by atoms with E-state index in [0.717, 1.165) is 42.4 Å². The first-order valence-electron chi connectivity index (χ1n) is 14.6. The summed E-state index contributed by atoms with van der Waals surface area (Å²) in [7, 11) is -3.48. The van der Waals surface area contributed by atoms with Crippen molar-refractivity contribution in [3.05, 3.63) is 102 Å². The van der Waals surface area contributed by atoms with Crippen LogP contribution in [0.15, 0.2) is 89.8 Å². The molecule has 3 aromatic carbocycles. The molecule has 1 unspecified atom stereocenters. The normalized spacial score (nSPS) is 14.5. The molecule has 0 saturated carbocycles. The molecular formula is C33H41N3O4S. The Morgan fingerprint density at radius 1 is 0.854 bits per heavy atom. The monoisotopic (exact) mass is 575 g/mol. The quantitative estimate of drug-likeness (QED) is 0.275. The summed E-state index contributed by atoms with van der Waals surface area (Å²) in [4.78, 5) is 29.3. The number of amides is 2. The number of aryl methyl sites for hydroxylation is 1. The molecule has 7 nitrogen and oxygen atoms in total.